The van der Waals surface area contributed by atoms with E-state index in [-0.39, 0.29) is 6.54 Å². The monoisotopic (exact) mass is 326 g/mol. The lowest BCUT2D eigenvalue weighted by atomic mass is 10.1. The Morgan fingerprint density at radius 3 is 2.59 bits per heavy atom. The third kappa shape index (κ3) is 4.78. The number of nitrogens with one attached hydrogen (secondary N) is 1. The molecule has 6 heteroatoms. The Hall–Kier alpha value is -0.950. The van der Waals surface area contributed by atoms with Crippen molar-refractivity contribution in [3.8, 4) is 0 Å². The third-order valence-electron chi connectivity index (χ3n) is 4.07. The molecule has 5 nitrogen and oxygen atoms in total. The summed E-state index contributed by atoms with van der Waals surface area (Å²) in [4.78, 5) is 2.50. The maximum atomic E-state index is 12.4. The van der Waals surface area contributed by atoms with Gasteiger partial charge in [-0.1, -0.05) is 31.5 Å². The maximum absolute atomic E-state index is 12.4. The van der Waals surface area contributed by atoms with Gasteiger partial charge < -0.3 is 10.0 Å². The van der Waals surface area contributed by atoms with Crippen molar-refractivity contribution in [3.05, 3.63) is 29.8 Å². The largest absolute Gasteiger partial charge is 0.390 e. The van der Waals surface area contributed by atoms with Crippen LogP contribution in [-0.4, -0.2) is 50.7 Å². The summed E-state index contributed by atoms with van der Waals surface area (Å²) in [6.07, 6.45) is 3.53. The minimum atomic E-state index is -3.57. The third-order valence-corrected chi connectivity index (χ3v) is 5.59. The van der Waals surface area contributed by atoms with Crippen molar-refractivity contribution in [3.63, 3.8) is 0 Å². The first-order valence-corrected chi connectivity index (χ1v) is 9.49. The molecule has 1 aromatic carbocycles. The molecule has 1 heterocycles. The van der Waals surface area contributed by atoms with E-state index in [2.05, 4.69) is 9.62 Å². The van der Waals surface area contributed by atoms with Crippen LogP contribution in [0.25, 0.3) is 0 Å². The molecule has 0 amide bonds. The number of benzene rings is 1. The Kier molecular flexibility index (Phi) is 6.37. The second-order valence-electron chi connectivity index (χ2n) is 5.83. The van der Waals surface area contributed by atoms with Crippen LogP contribution in [0.1, 0.15) is 31.7 Å². The number of sulfonamides is 1. The zero-order valence-electron chi connectivity index (χ0n) is 13.2. The molecule has 1 atom stereocenters. The number of rotatable bonds is 7. The molecule has 1 fully saturated rings. The van der Waals surface area contributed by atoms with Crippen molar-refractivity contribution < 1.29 is 13.5 Å². The Bertz CT molecular complexity index is 569. The van der Waals surface area contributed by atoms with E-state index in [4.69, 9.17) is 0 Å². The summed E-state index contributed by atoms with van der Waals surface area (Å²) >= 11 is 0. The summed E-state index contributed by atoms with van der Waals surface area (Å²) in [6, 6.07) is 6.98. The van der Waals surface area contributed by atoms with Gasteiger partial charge in [0.15, 0.2) is 0 Å². The van der Waals surface area contributed by atoms with Gasteiger partial charge >= 0.3 is 0 Å². The van der Waals surface area contributed by atoms with Gasteiger partial charge in [0.1, 0.15) is 0 Å². The Balaban J connectivity index is 1.91. The first-order valence-electron chi connectivity index (χ1n) is 8.01. The van der Waals surface area contributed by atoms with Gasteiger partial charge in [-0.2, -0.15) is 0 Å². The molecule has 2 N–H and O–H groups in total. The number of hydrogen-bond donors (Lipinski definition) is 2. The molecule has 1 aliphatic heterocycles. The van der Waals surface area contributed by atoms with Crippen LogP contribution in [0, 0.1) is 0 Å². The smallest absolute Gasteiger partial charge is 0.240 e. The standard InChI is InChI=1S/C16H26N2O3S/c1-2-14-8-4-5-9-16(14)22(20,21)17-12-15(19)13-18-10-6-3-7-11-18/h4-5,8-9,15,17,19H,2-3,6-7,10-13H2,1H3/t15-/m1/s1. The molecule has 0 bridgehead atoms. The second kappa shape index (κ2) is 8.06. The van der Waals surface area contributed by atoms with Crippen LogP contribution in [0.4, 0.5) is 0 Å². The molecule has 124 valence electrons. The molecule has 1 saturated heterocycles. The molecular formula is C16H26N2O3S. The van der Waals surface area contributed by atoms with E-state index in [1.807, 2.05) is 19.1 Å². The Morgan fingerprint density at radius 2 is 1.91 bits per heavy atom. The van der Waals surface area contributed by atoms with Crippen LogP contribution >= 0.6 is 0 Å². The normalized spacial score (nSPS) is 18.3. The van der Waals surface area contributed by atoms with Crippen molar-refractivity contribution in [1.82, 2.24) is 9.62 Å². The number of piperidine rings is 1. The predicted octanol–water partition coefficient (Wildman–Crippen LogP) is 1.37. The van der Waals surface area contributed by atoms with E-state index in [0.29, 0.717) is 17.9 Å². The van der Waals surface area contributed by atoms with Gasteiger partial charge in [-0.15, -0.1) is 0 Å². The lowest BCUT2D eigenvalue weighted by molar-refractivity contribution is 0.104. The average molecular weight is 326 g/mol. The molecule has 0 unspecified atom stereocenters. The van der Waals surface area contributed by atoms with Gasteiger partial charge in [0.25, 0.3) is 0 Å². The Labute approximate surface area is 133 Å². The van der Waals surface area contributed by atoms with Crippen molar-refractivity contribution in [2.75, 3.05) is 26.2 Å². The van der Waals surface area contributed by atoms with Gasteiger partial charge in [0.05, 0.1) is 11.0 Å². The summed E-state index contributed by atoms with van der Waals surface area (Å²) in [5, 5.41) is 10.1. The highest BCUT2D eigenvalue weighted by Crippen LogP contribution is 2.15. The molecule has 0 aliphatic carbocycles. The highest BCUT2D eigenvalue weighted by molar-refractivity contribution is 7.89. The molecule has 1 aliphatic rings. The topological polar surface area (TPSA) is 69.6 Å². The highest BCUT2D eigenvalue weighted by Gasteiger charge is 2.20. The van der Waals surface area contributed by atoms with E-state index in [1.54, 1.807) is 12.1 Å². The highest BCUT2D eigenvalue weighted by atomic mass is 32.2. The molecule has 0 saturated carbocycles. The fourth-order valence-electron chi connectivity index (χ4n) is 2.85. The number of likely N-dealkylation sites (tertiary alicyclic amines) is 1. The first kappa shape index (κ1) is 17.4. The molecule has 1 aromatic rings. The Morgan fingerprint density at radius 1 is 1.23 bits per heavy atom. The van der Waals surface area contributed by atoms with Crippen LogP contribution in [-0.2, 0) is 16.4 Å². The van der Waals surface area contributed by atoms with Gasteiger partial charge in [0.2, 0.25) is 10.0 Å². The number of hydrogen-bond acceptors (Lipinski definition) is 4. The fourth-order valence-corrected chi connectivity index (χ4v) is 4.23. The summed E-state index contributed by atoms with van der Waals surface area (Å²) < 4.78 is 27.3. The fraction of sp³-hybridized carbons (Fsp3) is 0.625. The van der Waals surface area contributed by atoms with Crippen LogP contribution in [0.2, 0.25) is 0 Å². The first-order chi connectivity index (χ1) is 10.5. The predicted molar refractivity (Wildman–Crippen MR) is 87.3 cm³/mol. The van der Waals surface area contributed by atoms with Crippen LogP contribution in [0.15, 0.2) is 29.2 Å². The molecule has 0 spiro atoms. The van der Waals surface area contributed by atoms with E-state index in [1.165, 1.54) is 6.42 Å². The zero-order valence-corrected chi connectivity index (χ0v) is 14.0. The van der Waals surface area contributed by atoms with Gasteiger partial charge in [-0.3, -0.25) is 0 Å². The maximum Gasteiger partial charge on any atom is 0.240 e. The van der Waals surface area contributed by atoms with Crippen molar-refractivity contribution in [1.29, 1.82) is 0 Å². The minimum Gasteiger partial charge on any atom is -0.390 e. The number of aryl methyl sites for hydroxylation is 1. The number of aliphatic hydroxyl groups excluding tert-OH is 1. The lowest BCUT2D eigenvalue weighted by Crippen LogP contribution is -2.42. The molecule has 0 radical (unpaired) electrons. The second-order valence-corrected chi connectivity index (χ2v) is 7.56. The molecular weight excluding hydrogens is 300 g/mol. The summed E-state index contributed by atoms with van der Waals surface area (Å²) in [7, 11) is -3.57. The molecule has 22 heavy (non-hydrogen) atoms. The summed E-state index contributed by atoms with van der Waals surface area (Å²) in [6.45, 7) is 4.49. The SMILES string of the molecule is CCc1ccccc1S(=O)(=O)NC[C@@H](O)CN1CCCCC1. The summed E-state index contributed by atoms with van der Waals surface area (Å²) in [5.41, 5.74) is 0.792. The van der Waals surface area contributed by atoms with E-state index in [0.717, 1.165) is 31.5 Å². The summed E-state index contributed by atoms with van der Waals surface area (Å²) in [5.74, 6) is 0. The molecule has 0 aromatic heterocycles. The van der Waals surface area contributed by atoms with Gasteiger partial charge in [0, 0.05) is 13.1 Å². The van der Waals surface area contributed by atoms with Gasteiger partial charge in [-0.05, 0) is 44.0 Å². The van der Waals surface area contributed by atoms with Crippen molar-refractivity contribution in [2.45, 2.75) is 43.6 Å². The average Bonchev–Trinajstić information content (AvgIpc) is 2.54. The van der Waals surface area contributed by atoms with E-state index < -0.39 is 16.1 Å². The van der Waals surface area contributed by atoms with Crippen LogP contribution in [0.5, 0.6) is 0 Å². The lowest BCUT2D eigenvalue weighted by Gasteiger charge is -2.28. The van der Waals surface area contributed by atoms with Crippen molar-refractivity contribution >= 4 is 10.0 Å². The number of β-amino-alcohol motifs (C(OH)–C–C–N with tert-alkyl or cyclic N) is 1. The number of aliphatic hydroxyl groups is 1. The zero-order chi connectivity index (χ0) is 16.0. The minimum absolute atomic E-state index is 0.0525. The van der Waals surface area contributed by atoms with Crippen molar-refractivity contribution in [2.24, 2.45) is 0 Å². The number of nitrogens with zero attached hydrogens (tertiary/aromatic N) is 1. The van der Waals surface area contributed by atoms with E-state index >= 15 is 0 Å². The van der Waals surface area contributed by atoms with Gasteiger partial charge in [-0.25, -0.2) is 13.1 Å². The van der Waals surface area contributed by atoms with E-state index in [9.17, 15) is 13.5 Å². The van der Waals surface area contributed by atoms with Crippen LogP contribution < -0.4 is 4.72 Å². The quantitative estimate of drug-likeness (QED) is 0.794. The molecule has 2 rings (SSSR count). The van der Waals surface area contributed by atoms with Crippen LogP contribution in [0.3, 0.4) is 0 Å².